The zero-order valence-electron chi connectivity index (χ0n) is 21.0. The van der Waals surface area contributed by atoms with E-state index in [1.54, 1.807) is 12.1 Å². The molecule has 4 nitrogen and oxygen atoms in total. The lowest BCUT2D eigenvalue weighted by molar-refractivity contribution is 0.0815. The molecule has 0 saturated heterocycles. The highest BCUT2D eigenvalue weighted by molar-refractivity contribution is 6.53. The van der Waals surface area contributed by atoms with E-state index in [-0.39, 0.29) is 0 Å². The standard InChI is InChI=1S/C30H40O4/c1-3-5-7-9-11-13-19-33-23-15-17-25-26-18-16-24(34-20-14-12-10-8-6-4-2)22-28(26)30(32)29(31)27(25)21-23/h15-18,21-22H,3-14,19-20H2,1-2H3. The third-order valence-corrected chi connectivity index (χ3v) is 6.50. The lowest BCUT2D eigenvalue weighted by Gasteiger charge is -2.20. The zero-order valence-corrected chi connectivity index (χ0v) is 21.0. The average molecular weight is 465 g/mol. The second-order valence-corrected chi connectivity index (χ2v) is 9.31. The Hall–Kier alpha value is -2.62. The van der Waals surface area contributed by atoms with Gasteiger partial charge in [-0.3, -0.25) is 9.59 Å². The maximum atomic E-state index is 12.9. The Labute approximate surface area is 205 Å². The Kier molecular flexibility index (Phi) is 10.7. The molecule has 0 heterocycles. The molecule has 1 aliphatic rings. The monoisotopic (exact) mass is 464 g/mol. The molecule has 34 heavy (non-hydrogen) atoms. The maximum absolute atomic E-state index is 12.9. The van der Waals surface area contributed by atoms with Crippen molar-refractivity contribution in [2.45, 2.75) is 90.9 Å². The van der Waals surface area contributed by atoms with Crippen LogP contribution in [0.5, 0.6) is 11.5 Å². The second kappa shape index (κ2) is 13.9. The van der Waals surface area contributed by atoms with Crippen LogP contribution in [-0.2, 0) is 0 Å². The highest BCUT2D eigenvalue weighted by Crippen LogP contribution is 2.37. The first-order valence-corrected chi connectivity index (χ1v) is 13.3. The summed E-state index contributed by atoms with van der Waals surface area (Å²) < 4.78 is 11.7. The van der Waals surface area contributed by atoms with E-state index in [4.69, 9.17) is 9.47 Å². The molecule has 0 radical (unpaired) electrons. The van der Waals surface area contributed by atoms with Gasteiger partial charge in [-0.25, -0.2) is 0 Å². The van der Waals surface area contributed by atoms with Crippen molar-refractivity contribution in [3.63, 3.8) is 0 Å². The molecule has 0 aliphatic heterocycles. The van der Waals surface area contributed by atoms with Gasteiger partial charge in [-0.2, -0.15) is 0 Å². The summed E-state index contributed by atoms with van der Waals surface area (Å²) in [5, 5.41) is 0. The Bertz CT molecular complexity index is 869. The summed E-state index contributed by atoms with van der Waals surface area (Å²) in [6, 6.07) is 11.0. The molecule has 3 rings (SSSR count). The van der Waals surface area contributed by atoms with Crippen LogP contribution in [0.25, 0.3) is 11.1 Å². The van der Waals surface area contributed by atoms with E-state index in [1.165, 1.54) is 51.4 Å². The van der Waals surface area contributed by atoms with E-state index in [9.17, 15) is 9.59 Å². The van der Waals surface area contributed by atoms with E-state index in [0.29, 0.717) is 35.8 Å². The van der Waals surface area contributed by atoms with Crippen LogP contribution < -0.4 is 9.47 Å². The lowest BCUT2D eigenvalue weighted by Crippen LogP contribution is -2.21. The summed E-state index contributed by atoms with van der Waals surface area (Å²) >= 11 is 0. The normalized spacial score (nSPS) is 12.4. The number of carbonyl (C=O) groups is 2. The first-order valence-electron chi connectivity index (χ1n) is 13.3. The molecule has 0 spiro atoms. The van der Waals surface area contributed by atoms with Gasteiger partial charge in [0.25, 0.3) is 0 Å². The van der Waals surface area contributed by atoms with Gasteiger partial charge in [0, 0.05) is 11.1 Å². The van der Waals surface area contributed by atoms with Gasteiger partial charge in [-0.1, -0.05) is 78.1 Å². The molecular weight excluding hydrogens is 424 g/mol. The number of ether oxygens (including phenoxy) is 2. The highest BCUT2D eigenvalue weighted by atomic mass is 16.5. The van der Waals surface area contributed by atoms with Gasteiger partial charge in [-0.15, -0.1) is 0 Å². The molecule has 0 atom stereocenters. The molecule has 2 aromatic carbocycles. The van der Waals surface area contributed by atoms with E-state index < -0.39 is 11.6 Å². The van der Waals surface area contributed by atoms with Crippen LogP contribution in [-0.4, -0.2) is 24.8 Å². The number of hydrogen-bond donors (Lipinski definition) is 0. The Morgan fingerprint density at radius 2 is 0.882 bits per heavy atom. The molecule has 2 aromatic rings. The van der Waals surface area contributed by atoms with E-state index in [2.05, 4.69) is 13.8 Å². The first kappa shape index (κ1) is 26.0. The van der Waals surface area contributed by atoms with Crippen molar-refractivity contribution in [2.24, 2.45) is 0 Å². The number of hydrogen-bond acceptors (Lipinski definition) is 4. The van der Waals surface area contributed by atoms with E-state index >= 15 is 0 Å². The fourth-order valence-electron chi connectivity index (χ4n) is 4.46. The quantitative estimate of drug-likeness (QED) is 0.185. The van der Waals surface area contributed by atoms with Crippen molar-refractivity contribution >= 4 is 11.6 Å². The Balaban J connectivity index is 1.58. The summed E-state index contributed by atoms with van der Waals surface area (Å²) in [6.45, 7) is 5.69. The topological polar surface area (TPSA) is 52.6 Å². The van der Waals surface area contributed by atoms with Crippen LogP contribution in [0.1, 0.15) is 112 Å². The van der Waals surface area contributed by atoms with Gasteiger partial charge in [0.05, 0.1) is 13.2 Å². The summed E-state index contributed by atoms with van der Waals surface area (Å²) in [5.41, 5.74) is 2.43. The molecule has 0 unspecified atom stereocenters. The minimum absolute atomic E-state index is 0.429. The third kappa shape index (κ3) is 7.19. The average Bonchev–Trinajstić information content (AvgIpc) is 2.86. The van der Waals surface area contributed by atoms with E-state index in [1.807, 2.05) is 24.3 Å². The van der Waals surface area contributed by atoms with Crippen LogP contribution >= 0.6 is 0 Å². The van der Waals surface area contributed by atoms with Gasteiger partial charge in [0.2, 0.25) is 11.6 Å². The van der Waals surface area contributed by atoms with Crippen molar-refractivity contribution in [3.8, 4) is 22.6 Å². The smallest absolute Gasteiger partial charge is 0.234 e. The van der Waals surface area contributed by atoms with Crippen molar-refractivity contribution in [3.05, 3.63) is 47.5 Å². The summed E-state index contributed by atoms with van der Waals surface area (Å²) in [5.74, 6) is 0.354. The van der Waals surface area contributed by atoms with Crippen LogP contribution in [0.2, 0.25) is 0 Å². The number of ketones is 2. The predicted molar refractivity (Wildman–Crippen MR) is 138 cm³/mol. The van der Waals surface area contributed by atoms with Crippen molar-refractivity contribution in [2.75, 3.05) is 13.2 Å². The largest absolute Gasteiger partial charge is 0.494 e. The first-order chi connectivity index (χ1) is 16.7. The lowest BCUT2D eigenvalue weighted by atomic mass is 9.84. The molecule has 0 bridgehead atoms. The number of carbonyl (C=O) groups excluding carboxylic acids is 2. The van der Waals surface area contributed by atoms with Gasteiger partial charge < -0.3 is 9.47 Å². The van der Waals surface area contributed by atoms with Crippen molar-refractivity contribution < 1.29 is 19.1 Å². The molecule has 0 aromatic heterocycles. The Morgan fingerprint density at radius 3 is 1.29 bits per heavy atom. The van der Waals surface area contributed by atoms with Gasteiger partial charge in [0.1, 0.15) is 11.5 Å². The van der Waals surface area contributed by atoms with E-state index in [0.717, 1.165) is 36.8 Å². The zero-order chi connectivity index (χ0) is 24.2. The fraction of sp³-hybridized carbons (Fsp3) is 0.533. The molecule has 0 N–H and O–H groups in total. The number of fused-ring (bicyclic) bond motifs is 3. The van der Waals surface area contributed by atoms with Crippen molar-refractivity contribution in [1.82, 2.24) is 0 Å². The van der Waals surface area contributed by atoms with Crippen LogP contribution in [0, 0.1) is 0 Å². The minimum atomic E-state index is -0.472. The summed E-state index contributed by atoms with van der Waals surface area (Å²) in [4.78, 5) is 25.7. The molecule has 0 fully saturated rings. The number of unbranched alkanes of at least 4 members (excludes halogenated alkanes) is 10. The third-order valence-electron chi connectivity index (χ3n) is 6.50. The molecule has 184 valence electrons. The summed E-state index contributed by atoms with van der Waals surface area (Å²) in [6.07, 6.45) is 14.4. The minimum Gasteiger partial charge on any atom is -0.494 e. The maximum Gasteiger partial charge on any atom is 0.234 e. The van der Waals surface area contributed by atoms with Crippen LogP contribution in [0.15, 0.2) is 36.4 Å². The highest BCUT2D eigenvalue weighted by Gasteiger charge is 2.31. The number of benzene rings is 2. The molecule has 0 amide bonds. The van der Waals surface area contributed by atoms with Gasteiger partial charge >= 0.3 is 0 Å². The predicted octanol–water partition coefficient (Wildman–Crippen LogP) is 8.21. The van der Waals surface area contributed by atoms with Crippen LogP contribution in [0.4, 0.5) is 0 Å². The molecule has 0 saturated carbocycles. The van der Waals surface area contributed by atoms with Crippen molar-refractivity contribution in [1.29, 1.82) is 0 Å². The van der Waals surface area contributed by atoms with Gasteiger partial charge in [0.15, 0.2) is 0 Å². The number of rotatable bonds is 16. The van der Waals surface area contributed by atoms with Gasteiger partial charge in [-0.05, 0) is 60.4 Å². The molecule has 1 aliphatic carbocycles. The summed E-state index contributed by atoms with van der Waals surface area (Å²) in [7, 11) is 0. The second-order valence-electron chi connectivity index (χ2n) is 9.31. The SMILES string of the molecule is CCCCCCCCOc1ccc2c(c1)C(=O)C(=O)c1cc(OCCCCCCCC)ccc1-2. The van der Waals surface area contributed by atoms with Crippen LogP contribution in [0.3, 0.4) is 0 Å². The molecule has 4 heteroatoms. The Morgan fingerprint density at radius 1 is 0.500 bits per heavy atom. The number of Topliss-reactive ketones (excluding diaryl/α,β-unsaturated/α-hetero) is 2. The molecular formula is C30H40O4. The fourth-order valence-corrected chi connectivity index (χ4v) is 4.46.